The van der Waals surface area contributed by atoms with Crippen LogP contribution < -0.4 is 5.32 Å². The van der Waals surface area contributed by atoms with Crippen molar-refractivity contribution in [2.24, 2.45) is 0 Å². The minimum Gasteiger partial charge on any atom is -0.464 e. The van der Waals surface area contributed by atoms with E-state index in [0.717, 1.165) is 25.7 Å². The lowest BCUT2D eigenvalue weighted by Crippen LogP contribution is -2.39. The molecule has 0 aliphatic carbocycles. The number of carbonyl (C=O) groups is 2. The van der Waals surface area contributed by atoms with E-state index in [1.54, 1.807) is 6.92 Å². The zero-order chi connectivity index (χ0) is 20.2. The first-order valence-corrected chi connectivity index (χ1v) is 11.6. The molecule has 27 heavy (non-hydrogen) atoms. The maximum absolute atomic E-state index is 11.9. The van der Waals surface area contributed by atoms with Crippen molar-refractivity contribution in [3.8, 4) is 0 Å². The molecule has 0 aromatic heterocycles. The van der Waals surface area contributed by atoms with E-state index in [-0.39, 0.29) is 11.9 Å². The van der Waals surface area contributed by atoms with Crippen molar-refractivity contribution in [2.75, 3.05) is 6.61 Å². The van der Waals surface area contributed by atoms with Crippen LogP contribution in [0.1, 0.15) is 124 Å². The normalized spacial score (nSPS) is 12.0. The molecule has 0 radical (unpaired) electrons. The molecule has 0 aromatic rings. The molecule has 0 saturated heterocycles. The highest BCUT2D eigenvalue weighted by Gasteiger charge is 2.16. The molecule has 0 aliphatic heterocycles. The van der Waals surface area contributed by atoms with Gasteiger partial charge in [0.05, 0.1) is 6.61 Å². The van der Waals surface area contributed by atoms with E-state index >= 15 is 0 Å². The van der Waals surface area contributed by atoms with E-state index in [2.05, 4.69) is 19.2 Å². The predicted octanol–water partition coefficient (Wildman–Crippen LogP) is 6.32. The topological polar surface area (TPSA) is 55.4 Å². The molecule has 4 nitrogen and oxygen atoms in total. The number of carbonyl (C=O) groups excluding carboxylic acids is 2. The Labute approximate surface area is 168 Å². The number of unbranched alkanes of at least 4 members (excludes halogenated alkanes) is 13. The van der Waals surface area contributed by atoms with Gasteiger partial charge in [0.2, 0.25) is 5.91 Å². The van der Waals surface area contributed by atoms with Gasteiger partial charge in [-0.05, 0) is 19.8 Å². The molecular formula is C23H45NO3. The van der Waals surface area contributed by atoms with Gasteiger partial charge in [-0.2, -0.15) is 0 Å². The number of ether oxygens (including phenoxy) is 1. The molecule has 0 bridgehead atoms. The molecule has 0 heterocycles. The van der Waals surface area contributed by atoms with E-state index < -0.39 is 6.04 Å². The molecule has 1 N–H and O–H groups in total. The summed E-state index contributed by atoms with van der Waals surface area (Å²) in [6, 6.07) is -0.545. The fourth-order valence-electron chi connectivity index (χ4n) is 3.15. The first-order valence-electron chi connectivity index (χ1n) is 11.6. The van der Waals surface area contributed by atoms with Crippen molar-refractivity contribution in [3.63, 3.8) is 0 Å². The molecule has 0 unspecified atom stereocenters. The quantitative estimate of drug-likeness (QED) is 0.210. The minimum atomic E-state index is -0.545. The van der Waals surface area contributed by atoms with Crippen molar-refractivity contribution >= 4 is 11.9 Å². The first kappa shape index (κ1) is 25.9. The highest BCUT2D eigenvalue weighted by Crippen LogP contribution is 2.10. The summed E-state index contributed by atoms with van der Waals surface area (Å²) in [5, 5.41) is 2.75. The van der Waals surface area contributed by atoms with Gasteiger partial charge in [0, 0.05) is 6.42 Å². The van der Waals surface area contributed by atoms with Gasteiger partial charge in [-0.15, -0.1) is 0 Å². The number of amides is 1. The van der Waals surface area contributed by atoms with E-state index in [0.29, 0.717) is 13.0 Å². The summed E-state index contributed by atoms with van der Waals surface area (Å²) in [4.78, 5) is 23.7. The van der Waals surface area contributed by atoms with Crippen molar-refractivity contribution in [2.45, 2.75) is 130 Å². The van der Waals surface area contributed by atoms with Gasteiger partial charge in [-0.25, -0.2) is 4.79 Å². The smallest absolute Gasteiger partial charge is 0.328 e. The van der Waals surface area contributed by atoms with Gasteiger partial charge in [0.15, 0.2) is 0 Å². The summed E-state index contributed by atoms with van der Waals surface area (Å²) in [5.74, 6) is -0.361. The summed E-state index contributed by atoms with van der Waals surface area (Å²) in [6.45, 7) is 6.59. The Morgan fingerprint density at radius 2 is 1.15 bits per heavy atom. The largest absolute Gasteiger partial charge is 0.464 e. The average Bonchev–Trinajstić information content (AvgIpc) is 2.65. The number of hydrogen-bond donors (Lipinski definition) is 1. The van der Waals surface area contributed by atoms with E-state index in [4.69, 9.17) is 4.74 Å². The SMILES string of the molecule is CCCCCCCCCCCCOC(=O)[C@H](C)NC(=O)CCCCCCC. The molecule has 1 atom stereocenters. The highest BCUT2D eigenvalue weighted by atomic mass is 16.5. The van der Waals surface area contributed by atoms with Crippen LogP contribution in [0.5, 0.6) is 0 Å². The first-order chi connectivity index (χ1) is 13.1. The van der Waals surface area contributed by atoms with Gasteiger partial charge < -0.3 is 10.1 Å². The molecule has 0 aliphatic rings. The van der Waals surface area contributed by atoms with Crippen LogP contribution in [0.25, 0.3) is 0 Å². The van der Waals surface area contributed by atoms with Gasteiger partial charge in [0.1, 0.15) is 6.04 Å². The molecule has 0 spiro atoms. The zero-order valence-corrected chi connectivity index (χ0v) is 18.3. The second-order valence-electron chi connectivity index (χ2n) is 7.80. The predicted molar refractivity (Wildman–Crippen MR) is 114 cm³/mol. The molecule has 0 rings (SSSR count). The summed E-state index contributed by atoms with van der Waals surface area (Å²) in [7, 11) is 0. The van der Waals surface area contributed by atoms with E-state index in [1.165, 1.54) is 70.6 Å². The van der Waals surface area contributed by atoms with Crippen LogP contribution in [0.15, 0.2) is 0 Å². The van der Waals surface area contributed by atoms with Crippen LogP contribution >= 0.6 is 0 Å². The van der Waals surface area contributed by atoms with E-state index in [9.17, 15) is 9.59 Å². The van der Waals surface area contributed by atoms with Crippen LogP contribution in [-0.2, 0) is 14.3 Å². The fourth-order valence-corrected chi connectivity index (χ4v) is 3.15. The highest BCUT2D eigenvalue weighted by molar-refractivity contribution is 5.84. The van der Waals surface area contributed by atoms with E-state index in [1.807, 2.05) is 0 Å². The minimum absolute atomic E-state index is 0.0464. The summed E-state index contributed by atoms with van der Waals surface area (Å²) < 4.78 is 5.28. The van der Waals surface area contributed by atoms with Gasteiger partial charge >= 0.3 is 5.97 Å². The monoisotopic (exact) mass is 383 g/mol. The Morgan fingerprint density at radius 3 is 1.67 bits per heavy atom. The maximum Gasteiger partial charge on any atom is 0.328 e. The number of nitrogens with one attached hydrogen (secondary N) is 1. The van der Waals surface area contributed by atoms with Crippen LogP contribution in [0.2, 0.25) is 0 Å². The molecule has 1 amide bonds. The lowest BCUT2D eigenvalue weighted by Gasteiger charge is -2.13. The zero-order valence-electron chi connectivity index (χ0n) is 18.3. The third kappa shape index (κ3) is 18.1. The Hall–Kier alpha value is -1.06. The van der Waals surface area contributed by atoms with Crippen LogP contribution in [-0.4, -0.2) is 24.5 Å². The molecule has 160 valence electrons. The second-order valence-corrected chi connectivity index (χ2v) is 7.80. The van der Waals surface area contributed by atoms with Crippen molar-refractivity contribution in [1.82, 2.24) is 5.32 Å². The summed E-state index contributed by atoms with van der Waals surface area (Å²) >= 11 is 0. The molecule has 0 aromatic carbocycles. The van der Waals surface area contributed by atoms with Crippen molar-refractivity contribution < 1.29 is 14.3 Å². The van der Waals surface area contributed by atoms with Crippen LogP contribution in [0.4, 0.5) is 0 Å². The molecule has 0 fully saturated rings. The molecule has 0 saturated carbocycles. The van der Waals surface area contributed by atoms with Gasteiger partial charge in [-0.1, -0.05) is 97.3 Å². The Bertz CT molecular complexity index is 358. The second kappa shape index (κ2) is 19.7. The van der Waals surface area contributed by atoms with Crippen LogP contribution in [0.3, 0.4) is 0 Å². The summed E-state index contributed by atoms with van der Waals surface area (Å²) in [5.41, 5.74) is 0. The molecular weight excluding hydrogens is 338 g/mol. The summed E-state index contributed by atoms with van der Waals surface area (Å²) in [6.07, 6.45) is 18.7. The number of esters is 1. The third-order valence-electron chi connectivity index (χ3n) is 4.98. The standard InChI is InChI=1S/C23H45NO3/c1-4-6-8-10-11-12-13-14-16-18-20-27-23(26)21(3)24-22(25)19-17-15-9-7-5-2/h21H,4-20H2,1-3H3,(H,24,25)/t21-/m0/s1. The van der Waals surface area contributed by atoms with Gasteiger partial charge in [0.25, 0.3) is 0 Å². The lowest BCUT2D eigenvalue weighted by molar-refractivity contribution is -0.147. The average molecular weight is 384 g/mol. The lowest BCUT2D eigenvalue weighted by atomic mass is 10.1. The number of hydrogen-bond acceptors (Lipinski definition) is 3. The number of rotatable bonds is 19. The van der Waals surface area contributed by atoms with Gasteiger partial charge in [-0.3, -0.25) is 4.79 Å². The Balaban J connectivity index is 3.48. The van der Waals surface area contributed by atoms with Crippen molar-refractivity contribution in [3.05, 3.63) is 0 Å². The Morgan fingerprint density at radius 1 is 0.704 bits per heavy atom. The van der Waals surface area contributed by atoms with Crippen molar-refractivity contribution in [1.29, 1.82) is 0 Å². The maximum atomic E-state index is 11.9. The van der Waals surface area contributed by atoms with Crippen LogP contribution in [0, 0.1) is 0 Å². The fraction of sp³-hybridized carbons (Fsp3) is 0.913. The third-order valence-corrected chi connectivity index (χ3v) is 4.98. The Kier molecular flexibility index (Phi) is 18.9. The molecule has 4 heteroatoms.